The predicted molar refractivity (Wildman–Crippen MR) is 88.3 cm³/mol. The summed E-state index contributed by atoms with van der Waals surface area (Å²) in [4.78, 5) is 24.5. The van der Waals surface area contributed by atoms with E-state index in [9.17, 15) is 18.4 Å². The summed E-state index contributed by atoms with van der Waals surface area (Å²) in [5, 5.41) is 2.65. The molecule has 1 atom stereocenters. The van der Waals surface area contributed by atoms with Gasteiger partial charge < -0.3 is 14.8 Å². The van der Waals surface area contributed by atoms with Crippen LogP contribution in [0.1, 0.15) is 22.3 Å². The lowest BCUT2D eigenvalue weighted by atomic mass is 9.88. The topological polar surface area (TPSA) is 64.6 Å². The van der Waals surface area contributed by atoms with Gasteiger partial charge in [-0.05, 0) is 29.8 Å². The van der Waals surface area contributed by atoms with Crippen molar-refractivity contribution in [2.75, 3.05) is 19.8 Å². The van der Waals surface area contributed by atoms with Crippen LogP contribution in [0.25, 0.3) is 0 Å². The van der Waals surface area contributed by atoms with Crippen LogP contribution in [0.3, 0.4) is 0 Å². The third-order valence-electron chi connectivity index (χ3n) is 4.19. The number of ether oxygens (including phenoxy) is 2. The summed E-state index contributed by atoms with van der Waals surface area (Å²) in [6.07, 6.45) is -0.0253. The Hall–Kier alpha value is -2.80. The van der Waals surface area contributed by atoms with E-state index in [2.05, 4.69) is 5.32 Å². The van der Waals surface area contributed by atoms with E-state index in [1.807, 2.05) is 0 Å². The Morgan fingerprint density at radius 3 is 2.62 bits per heavy atom. The van der Waals surface area contributed by atoms with Crippen molar-refractivity contribution >= 4 is 11.9 Å². The van der Waals surface area contributed by atoms with E-state index in [4.69, 9.17) is 9.47 Å². The molecule has 136 valence electrons. The number of carbonyl (C=O) groups is 2. The molecule has 1 aliphatic heterocycles. The minimum atomic E-state index is -1.54. The maximum absolute atomic E-state index is 13.7. The molecule has 0 saturated carbocycles. The molecule has 0 spiro atoms. The van der Waals surface area contributed by atoms with E-state index in [1.54, 1.807) is 30.3 Å². The maximum atomic E-state index is 13.7. The predicted octanol–water partition coefficient (Wildman–Crippen LogP) is 2.55. The van der Waals surface area contributed by atoms with E-state index in [1.165, 1.54) is 6.07 Å². The molecule has 2 aromatic rings. The first kappa shape index (κ1) is 18.0. The molecule has 0 radical (unpaired) electrons. The van der Waals surface area contributed by atoms with Crippen LogP contribution in [0.15, 0.2) is 48.5 Å². The zero-order valence-corrected chi connectivity index (χ0v) is 13.8. The fourth-order valence-corrected chi connectivity index (χ4v) is 2.83. The molecule has 1 amide bonds. The number of esters is 1. The first-order valence-corrected chi connectivity index (χ1v) is 8.13. The van der Waals surface area contributed by atoms with Crippen molar-refractivity contribution in [3.05, 3.63) is 71.3 Å². The van der Waals surface area contributed by atoms with Gasteiger partial charge in [0.15, 0.2) is 17.2 Å². The lowest BCUT2D eigenvalue weighted by Gasteiger charge is -2.36. The number of rotatable bonds is 5. The van der Waals surface area contributed by atoms with Crippen LogP contribution in [0.2, 0.25) is 0 Å². The highest BCUT2D eigenvalue weighted by Gasteiger charge is 2.44. The van der Waals surface area contributed by atoms with Gasteiger partial charge in [0.05, 0.1) is 18.8 Å². The molecule has 1 aliphatic rings. The molecule has 1 heterocycles. The Morgan fingerprint density at radius 2 is 1.92 bits per heavy atom. The molecule has 1 saturated heterocycles. The third kappa shape index (κ3) is 3.57. The number of benzene rings is 2. The lowest BCUT2D eigenvalue weighted by Crippen LogP contribution is -2.53. The van der Waals surface area contributed by atoms with Gasteiger partial charge in [0, 0.05) is 13.0 Å². The second-order valence-corrected chi connectivity index (χ2v) is 5.81. The molecule has 5 nitrogen and oxygen atoms in total. The Bertz CT molecular complexity index is 812. The van der Waals surface area contributed by atoms with Gasteiger partial charge in [-0.15, -0.1) is 0 Å². The average molecular weight is 361 g/mol. The molecule has 0 aliphatic carbocycles. The van der Waals surface area contributed by atoms with Crippen LogP contribution in [0.5, 0.6) is 0 Å². The summed E-state index contributed by atoms with van der Waals surface area (Å²) < 4.78 is 37.8. The van der Waals surface area contributed by atoms with Crippen molar-refractivity contribution in [2.24, 2.45) is 0 Å². The second-order valence-electron chi connectivity index (χ2n) is 5.81. The second kappa shape index (κ2) is 7.61. The van der Waals surface area contributed by atoms with Gasteiger partial charge in [-0.3, -0.25) is 4.79 Å². The zero-order valence-electron chi connectivity index (χ0n) is 13.8. The van der Waals surface area contributed by atoms with Crippen molar-refractivity contribution in [3.8, 4) is 0 Å². The van der Waals surface area contributed by atoms with Crippen molar-refractivity contribution in [3.63, 3.8) is 0 Å². The molecule has 2 aromatic carbocycles. The van der Waals surface area contributed by atoms with E-state index in [0.717, 1.165) is 12.1 Å². The molecule has 3 rings (SSSR count). The number of amides is 1. The molecule has 7 heteroatoms. The Balaban J connectivity index is 1.77. The third-order valence-corrected chi connectivity index (χ3v) is 4.19. The molecular formula is C19H17F2NO4. The highest BCUT2D eigenvalue weighted by molar-refractivity contribution is 5.89. The summed E-state index contributed by atoms with van der Waals surface area (Å²) in [6, 6.07) is 11.6. The van der Waals surface area contributed by atoms with Gasteiger partial charge in [0.25, 0.3) is 5.91 Å². The summed E-state index contributed by atoms with van der Waals surface area (Å²) in [5.41, 5.74) is -0.989. The van der Waals surface area contributed by atoms with Gasteiger partial charge in [-0.1, -0.05) is 24.3 Å². The Morgan fingerprint density at radius 1 is 1.15 bits per heavy atom. The summed E-state index contributed by atoms with van der Waals surface area (Å²) in [5.74, 6) is -3.12. The summed E-state index contributed by atoms with van der Waals surface area (Å²) in [7, 11) is 0. The Labute approximate surface area is 148 Å². The van der Waals surface area contributed by atoms with Gasteiger partial charge in [-0.25, -0.2) is 13.6 Å². The van der Waals surface area contributed by atoms with Crippen LogP contribution < -0.4 is 5.32 Å². The van der Waals surface area contributed by atoms with Crippen molar-refractivity contribution < 1.29 is 27.8 Å². The minimum absolute atomic E-state index is 0.0253. The minimum Gasteiger partial charge on any atom is -0.462 e. The molecule has 1 N–H and O–H groups in total. The van der Waals surface area contributed by atoms with Gasteiger partial charge in [0.1, 0.15) is 0 Å². The van der Waals surface area contributed by atoms with Gasteiger partial charge >= 0.3 is 5.97 Å². The van der Waals surface area contributed by atoms with E-state index in [0.29, 0.717) is 12.1 Å². The summed E-state index contributed by atoms with van der Waals surface area (Å²) >= 11 is 0. The van der Waals surface area contributed by atoms with E-state index < -0.39 is 29.1 Å². The normalized spacial score (nSPS) is 19.7. The number of hydrogen-bond acceptors (Lipinski definition) is 4. The monoisotopic (exact) mass is 361 g/mol. The van der Waals surface area contributed by atoms with E-state index in [-0.39, 0.29) is 25.2 Å². The smallest absolute Gasteiger partial charge is 0.338 e. The average Bonchev–Trinajstić information content (AvgIpc) is 2.66. The van der Waals surface area contributed by atoms with E-state index >= 15 is 0 Å². The number of carbonyl (C=O) groups excluding carboxylic acids is 2. The van der Waals surface area contributed by atoms with Crippen LogP contribution in [0, 0.1) is 11.6 Å². The molecular weight excluding hydrogens is 344 g/mol. The number of hydrogen-bond donors (Lipinski definition) is 1. The van der Waals surface area contributed by atoms with Crippen LogP contribution in [0.4, 0.5) is 8.78 Å². The lowest BCUT2D eigenvalue weighted by molar-refractivity contribution is -0.159. The highest BCUT2D eigenvalue weighted by Crippen LogP contribution is 2.33. The van der Waals surface area contributed by atoms with Crippen LogP contribution in [-0.4, -0.2) is 31.6 Å². The number of nitrogens with one attached hydrogen (secondary N) is 1. The zero-order chi connectivity index (χ0) is 18.6. The Kier molecular flexibility index (Phi) is 5.27. The fraction of sp³-hybridized carbons (Fsp3) is 0.263. The molecule has 0 aromatic heterocycles. The van der Waals surface area contributed by atoms with Gasteiger partial charge in [-0.2, -0.15) is 0 Å². The standard InChI is InChI=1S/C19H17F2NO4/c20-15-7-6-14(12-16(15)21)19(18(24)22-9-11-26-19)8-10-25-17(23)13-4-2-1-3-5-13/h1-7,12H,8-11H2,(H,22,24). The first-order chi connectivity index (χ1) is 12.5. The van der Waals surface area contributed by atoms with Crippen molar-refractivity contribution in [2.45, 2.75) is 12.0 Å². The van der Waals surface area contributed by atoms with Crippen molar-refractivity contribution in [1.82, 2.24) is 5.32 Å². The van der Waals surface area contributed by atoms with Gasteiger partial charge in [0.2, 0.25) is 0 Å². The first-order valence-electron chi connectivity index (χ1n) is 8.13. The molecule has 1 fully saturated rings. The molecule has 0 bridgehead atoms. The quantitative estimate of drug-likeness (QED) is 0.832. The highest BCUT2D eigenvalue weighted by atomic mass is 19.2. The SMILES string of the molecule is O=C(OCCC1(c2ccc(F)c(F)c2)OCCNC1=O)c1ccccc1. The number of halogens is 2. The fourth-order valence-electron chi connectivity index (χ4n) is 2.83. The van der Waals surface area contributed by atoms with Crippen LogP contribution >= 0.6 is 0 Å². The maximum Gasteiger partial charge on any atom is 0.338 e. The van der Waals surface area contributed by atoms with Crippen molar-refractivity contribution in [1.29, 1.82) is 0 Å². The largest absolute Gasteiger partial charge is 0.462 e. The molecule has 1 unspecified atom stereocenters. The summed E-state index contributed by atoms with van der Waals surface area (Å²) in [6.45, 7) is 0.394. The number of morpholine rings is 1. The van der Waals surface area contributed by atoms with Crippen LogP contribution in [-0.2, 0) is 19.9 Å². The molecule has 26 heavy (non-hydrogen) atoms.